The molecule has 0 atom stereocenters. The summed E-state index contributed by atoms with van der Waals surface area (Å²) in [5.41, 5.74) is 4.43. The second-order valence-electron chi connectivity index (χ2n) is 12.2. The van der Waals surface area contributed by atoms with E-state index in [9.17, 15) is 5.11 Å². The molecule has 0 heterocycles. The Balaban J connectivity index is 2.12. The van der Waals surface area contributed by atoms with Crippen LogP contribution >= 0.6 is 0 Å². The molecule has 3 rings (SSSR count). The molecule has 0 amide bonds. The molecular weight excluding hydrogens is 531 g/mol. The fourth-order valence-electron chi connectivity index (χ4n) is 6.28. The minimum absolute atomic E-state index is 0.0661. The van der Waals surface area contributed by atoms with Crippen molar-refractivity contribution >= 4 is 18.4 Å². The van der Waals surface area contributed by atoms with Gasteiger partial charge in [-0.1, -0.05) is 0 Å². The molecule has 0 aliphatic carbocycles. The molecule has 3 aromatic carbocycles. The summed E-state index contributed by atoms with van der Waals surface area (Å²) in [6.45, 7) is 14.6. The van der Waals surface area contributed by atoms with Gasteiger partial charge in [0.25, 0.3) is 0 Å². The van der Waals surface area contributed by atoms with Gasteiger partial charge in [0.15, 0.2) is 0 Å². The van der Waals surface area contributed by atoms with Crippen molar-refractivity contribution in [1.82, 2.24) is 0 Å². The monoisotopic (exact) mass is 576 g/mol. The number of aliphatic hydroxyl groups excluding tert-OH is 1. The zero-order chi connectivity index (χ0) is 25.6. The van der Waals surface area contributed by atoms with E-state index in [0.29, 0.717) is 0 Å². The summed E-state index contributed by atoms with van der Waals surface area (Å²) in [5.74, 6) is 0. The second kappa shape index (κ2) is 11.5. The van der Waals surface area contributed by atoms with Crippen LogP contribution in [0.5, 0.6) is 0 Å². The summed E-state index contributed by atoms with van der Waals surface area (Å²) in [6.07, 6.45) is 2.07. The third-order valence-corrected chi connectivity index (χ3v) is 23.9. The number of hydrogen-bond donors (Lipinski definition) is 1. The van der Waals surface area contributed by atoms with Crippen molar-refractivity contribution in [3.8, 4) is 0 Å². The van der Waals surface area contributed by atoms with Crippen molar-refractivity contribution in [2.75, 3.05) is 6.61 Å². The van der Waals surface area contributed by atoms with E-state index in [2.05, 4.69) is 143 Å². The van der Waals surface area contributed by atoms with Gasteiger partial charge in [0, 0.05) is 0 Å². The molecule has 2 heteroatoms. The Morgan fingerprint density at radius 1 is 0.543 bits per heavy atom. The molecule has 0 radical (unpaired) electrons. The Kier molecular flexibility index (Phi) is 9.10. The second-order valence-corrected chi connectivity index (χ2v) is 24.0. The third kappa shape index (κ3) is 7.33. The number of rotatable bonds is 11. The zero-order valence-corrected chi connectivity index (χ0v) is 25.4. The van der Waals surface area contributed by atoms with E-state index in [1.54, 1.807) is 0 Å². The van der Waals surface area contributed by atoms with Crippen molar-refractivity contribution in [1.29, 1.82) is 0 Å². The maximum absolute atomic E-state index is 9.92. The molecule has 0 saturated carbocycles. The molecule has 186 valence electrons. The van der Waals surface area contributed by atoms with Crippen LogP contribution in [0.3, 0.4) is 0 Å². The molecule has 0 aliphatic rings. The molecular formula is C33H44OSn. The van der Waals surface area contributed by atoms with Crippen LogP contribution in [0.15, 0.2) is 101 Å². The van der Waals surface area contributed by atoms with Crippen LogP contribution in [0.2, 0.25) is 13.3 Å². The molecule has 1 nitrogen and oxygen atoms in total. The summed E-state index contributed by atoms with van der Waals surface area (Å²) in [7, 11) is 0. The summed E-state index contributed by atoms with van der Waals surface area (Å²) >= 11 is -3.13. The van der Waals surface area contributed by atoms with Gasteiger partial charge < -0.3 is 0 Å². The summed E-state index contributed by atoms with van der Waals surface area (Å²) in [5, 5.41) is 9.92. The third-order valence-electron chi connectivity index (χ3n) is 7.62. The summed E-state index contributed by atoms with van der Waals surface area (Å²) in [6, 6.07) is 33.1. The first-order chi connectivity index (χ1) is 16.5. The van der Waals surface area contributed by atoms with Crippen LogP contribution in [0, 0.1) is 0 Å². The maximum atomic E-state index is 9.92. The van der Waals surface area contributed by atoms with Crippen molar-refractivity contribution in [3.63, 3.8) is 0 Å². The molecule has 3 aromatic rings. The molecule has 0 aromatic heterocycles. The minimum atomic E-state index is -3.13. The Morgan fingerprint density at radius 3 is 1.09 bits per heavy atom. The van der Waals surface area contributed by atoms with Crippen LogP contribution in [0.4, 0.5) is 0 Å². The zero-order valence-electron chi connectivity index (χ0n) is 22.6. The van der Waals surface area contributed by atoms with E-state index in [4.69, 9.17) is 0 Å². The van der Waals surface area contributed by atoms with Gasteiger partial charge in [0.1, 0.15) is 0 Å². The number of aliphatic hydroxyl groups is 1. The van der Waals surface area contributed by atoms with Crippen LogP contribution < -0.4 is 0 Å². The van der Waals surface area contributed by atoms with Gasteiger partial charge in [0.05, 0.1) is 0 Å². The van der Waals surface area contributed by atoms with Gasteiger partial charge in [0.2, 0.25) is 0 Å². The first-order valence-electron chi connectivity index (χ1n) is 12.9. The topological polar surface area (TPSA) is 20.2 Å². The Hall–Kier alpha value is -1.84. The van der Waals surface area contributed by atoms with Crippen molar-refractivity contribution < 1.29 is 5.11 Å². The molecule has 0 bridgehead atoms. The van der Waals surface area contributed by atoms with Crippen LogP contribution in [0.25, 0.3) is 0 Å². The Labute approximate surface area is 218 Å². The van der Waals surface area contributed by atoms with Crippen molar-refractivity contribution in [2.24, 2.45) is 0 Å². The number of hydrogen-bond acceptors (Lipinski definition) is 1. The molecule has 0 saturated heterocycles. The number of benzene rings is 3. The Bertz CT molecular complexity index is 936. The predicted octanol–water partition coefficient (Wildman–Crippen LogP) is 8.46. The Morgan fingerprint density at radius 2 is 0.829 bits per heavy atom. The predicted molar refractivity (Wildman–Crippen MR) is 155 cm³/mol. The van der Waals surface area contributed by atoms with Gasteiger partial charge in [-0.3, -0.25) is 0 Å². The normalized spacial score (nSPS) is 13.3. The van der Waals surface area contributed by atoms with E-state index in [1.165, 1.54) is 30.0 Å². The summed E-state index contributed by atoms with van der Waals surface area (Å²) in [4.78, 5) is 0. The van der Waals surface area contributed by atoms with E-state index in [-0.39, 0.29) is 22.9 Å². The summed E-state index contributed by atoms with van der Waals surface area (Å²) < 4.78 is 6.16. The van der Waals surface area contributed by atoms with E-state index >= 15 is 0 Å². The average molecular weight is 575 g/mol. The molecule has 0 spiro atoms. The van der Waals surface area contributed by atoms with Crippen molar-refractivity contribution in [3.05, 3.63) is 118 Å². The van der Waals surface area contributed by atoms with Crippen LogP contribution in [-0.2, 0) is 16.2 Å². The molecule has 0 fully saturated rings. The van der Waals surface area contributed by atoms with Crippen molar-refractivity contribution in [2.45, 2.75) is 71.1 Å². The average Bonchev–Trinajstić information content (AvgIpc) is 2.83. The van der Waals surface area contributed by atoms with E-state index < -0.39 is 18.4 Å². The van der Waals surface area contributed by atoms with Gasteiger partial charge in [-0.25, -0.2) is 0 Å². The van der Waals surface area contributed by atoms with E-state index in [0.717, 1.165) is 0 Å². The van der Waals surface area contributed by atoms with Gasteiger partial charge >= 0.3 is 219 Å². The van der Waals surface area contributed by atoms with Crippen LogP contribution in [-0.4, -0.2) is 30.1 Å². The first kappa shape index (κ1) is 27.7. The molecule has 35 heavy (non-hydrogen) atoms. The van der Waals surface area contributed by atoms with E-state index in [1.807, 2.05) is 0 Å². The fraction of sp³-hybridized carbons (Fsp3) is 0.394. The van der Waals surface area contributed by atoms with Gasteiger partial charge in [-0.05, 0) is 0 Å². The van der Waals surface area contributed by atoms with Crippen LogP contribution in [0.1, 0.15) is 58.2 Å². The molecule has 0 unspecified atom stereocenters. The fourth-order valence-corrected chi connectivity index (χ4v) is 26.9. The first-order valence-corrected chi connectivity index (χ1v) is 20.7. The van der Waals surface area contributed by atoms with Gasteiger partial charge in [-0.15, -0.1) is 0 Å². The quantitative estimate of drug-likeness (QED) is 0.228. The molecule has 1 N–H and O–H groups in total. The molecule has 0 aliphatic heterocycles. The van der Waals surface area contributed by atoms with Gasteiger partial charge in [-0.2, -0.15) is 0 Å². The SMILES string of the molecule is CC(C)([CH2][Sn](/[CH]=C/CO)([CH2]C(C)(C)c1ccccc1)[CH2]C(C)(C)c1ccccc1)c1ccccc1. The standard InChI is InChI=1S/3C10H13.C3H5O.Sn/c3*1-10(2,3)9-7-5-4-6-8-9;1-2-3-4;/h3*4-8H,1H2,2-3H3;1-2,4H,3H2;.